The van der Waals surface area contributed by atoms with Gasteiger partial charge < -0.3 is 11.1 Å². The summed E-state index contributed by atoms with van der Waals surface area (Å²) in [6, 6.07) is 11.5. The van der Waals surface area contributed by atoms with Crippen LogP contribution < -0.4 is 16.6 Å². The second-order valence-corrected chi connectivity index (χ2v) is 6.92. The molecule has 27 heavy (non-hydrogen) atoms. The van der Waals surface area contributed by atoms with Gasteiger partial charge >= 0.3 is 0 Å². The van der Waals surface area contributed by atoms with E-state index in [0.29, 0.717) is 17.0 Å². The van der Waals surface area contributed by atoms with Gasteiger partial charge in [-0.15, -0.1) is 0 Å². The molecular weight excluding hydrogens is 338 g/mol. The van der Waals surface area contributed by atoms with Crippen molar-refractivity contribution in [2.24, 2.45) is 4.99 Å². The summed E-state index contributed by atoms with van der Waals surface area (Å²) in [6.45, 7) is 2.08. The van der Waals surface area contributed by atoms with E-state index in [4.69, 9.17) is 5.73 Å². The Balaban J connectivity index is 1.76. The van der Waals surface area contributed by atoms with Gasteiger partial charge in [-0.2, -0.15) is 0 Å². The summed E-state index contributed by atoms with van der Waals surface area (Å²) >= 11 is 0. The van der Waals surface area contributed by atoms with Gasteiger partial charge in [-0.25, -0.2) is 4.98 Å². The van der Waals surface area contributed by atoms with Crippen molar-refractivity contribution in [1.82, 2.24) is 14.9 Å². The van der Waals surface area contributed by atoms with E-state index in [1.54, 1.807) is 30.2 Å². The van der Waals surface area contributed by atoms with Gasteiger partial charge in [-0.05, 0) is 67.7 Å². The highest BCUT2D eigenvalue weighted by Crippen LogP contribution is 2.27. The zero-order valence-corrected chi connectivity index (χ0v) is 15.4. The second kappa shape index (κ2) is 7.32. The van der Waals surface area contributed by atoms with Gasteiger partial charge in [0.25, 0.3) is 5.56 Å². The maximum atomic E-state index is 13.0. The molecule has 1 aliphatic rings. The Kier molecular flexibility index (Phi) is 4.73. The van der Waals surface area contributed by atoms with Gasteiger partial charge in [0.2, 0.25) is 0 Å². The van der Waals surface area contributed by atoms with E-state index in [9.17, 15) is 4.79 Å². The number of aromatic nitrogens is 2. The summed E-state index contributed by atoms with van der Waals surface area (Å²) in [7, 11) is 1.69. The molecule has 138 valence electrons. The van der Waals surface area contributed by atoms with Crippen LogP contribution in [0.15, 0.2) is 52.5 Å². The Morgan fingerprint density at radius 2 is 2.04 bits per heavy atom. The molecule has 0 saturated carbocycles. The number of nitrogens with two attached hydrogens (primary N) is 1. The lowest BCUT2D eigenvalue weighted by atomic mass is 9.90. The highest BCUT2D eigenvalue weighted by atomic mass is 16.1. The number of piperidine rings is 1. The van der Waals surface area contributed by atoms with E-state index < -0.39 is 0 Å². The minimum atomic E-state index is -0.0824. The number of hydrogen-bond donors (Lipinski definition) is 2. The van der Waals surface area contributed by atoms with Crippen LogP contribution in [0.4, 0.5) is 5.69 Å². The van der Waals surface area contributed by atoms with Crippen LogP contribution in [0.2, 0.25) is 0 Å². The van der Waals surface area contributed by atoms with Crippen molar-refractivity contribution in [3.63, 3.8) is 0 Å². The summed E-state index contributed by atoms with van der Waals surface area (Å²) in [5.74, 6) is 0.535. The number of nitrogens with one attached hydrogen (secondary N) is 1. The molecule has 1 saturated heterocycles. The van der Waals surface area contributed by atoms with Crippen molar-refractivity contribution in [2.45, 2.75) is 18.8 Å². The van der Waals surface area contributed by atoms with Gasteiger partial charge in [0.15, 0.2) is 0 Å². The molecule has 0 radical (unpaired) electrons. The third-order valence-electron chi connectivity index (χ3n) is 5.21. The van der Waals surface area contributed by atoms with Gasteiger partial charge in [-0.3, -0.25) is 14.4 Å². The maximum Gasteiger partial charge on any atom is 0.265 e. The molecule has 3 aromatic rings. The first-order valence-corrected chi connectivity index (χ1v) is 9.21. The Morgan fingerprint density at radius 1 is 1.22 bits per heavy atom. The predicted molar refractivity (Wildman–Crippen MR) is 110 cm³/mol. The van der Waals surface area contributed by atoms with Crippen LogP contribution in [0.1, 0.15) is 29.9 Å². The van der Waals surface area contributed by atoms with Gasteiger partial charge in [0.1, 0.15) is 6.33 Å². The fraction of sp³-hybridized carbons (Fsp3) is 0.286. The normalized spacial score (nSPS) is 15.6. The quantitative estimate of drug-likeness (QED) is 0.554. The number of nitrogen functional groups attached to an aromatic ring is 1. The maximum absolute atomic E-state index is 13.0. The highest BCUT2D eigenvalue weighted by molar-refractivity contribution is 5.88. The van der Waals surface area contributed by atoms with E-state index >= 15 is 0 Å². The fourth-order valence-electron chi connectivity index (χ4n) is 3.69. The molecular formula is C21H23N5O. The predicted octanol–water partition coefficient (Wildman–Crippen LogP) is 2.48. The van der Waals surface area contributed by atoms with E-state index in [1.165, 1.54) is 5.56 Å². The first kappa shape index (κ1) is 17.4. The molecule has 6 nitrogen and oxygen atoms in total. The lowest BCUT2D eigenvalue weighted by Gasteiger charge is -2.23. The second-order valence-electron chi connectivity index (χ2n) is 6.92. The third-order valence-corrected chi connectivity index (χ3v) is 5.21. The van der Waals surface area contributed by atoms with Crippen molar-refractivity contribution in [3.8, 4) is 5.69 Å². The number of fused-ring (bicyclic) bond motifs is 1. The molecule has 2 aromatic carbocycles. The molecule has 2 heterocycles. The van der Waals surface area contributed by atoms with Crippen molar-refractivity contribution in [1.29, 1.82) is 0 Å². The fourth-order valence-corrected chi connectivity index (χ4v) is 3.69. The monoisotopic (exact) mass is 361 g/mol. The molecule has 1 aliphatic heterocycles. The molecule has 1 aromatic heterocycles. The molecule has 1 fully saturated rings. The molecule has 0 unspecified atom stereocenters. The van der Waals surface area contributed by atoms with Crippen LogP contribution >= 0.6 is 0 Å². The molecule has 0 spiro atoms. The van der Waals surface area contributed by atoms with Crippen molar-refractivity contribution in [2.75, 3.05) is 25.9 Å². The Morgan fingerprint density at radius 3 is 2.81 bits per heavy atom. The largest absolute Gasteiger partial charge is 0.398 e. The number of nitrogens with zero attached hydrogens (tertiary/aromatic N) is 3. The summed E-state index contributed by atoms with van der Waals surface area (Å²) in [4.78, 5) is 21.6. The minimum absolute atomic E-state index is 0.0824. The number of aliphatic imine (C=N–C) groups is 1. The Bertz CT molecular complexity index is 1060. The zero-order valence-electron chi connectivity index (χ0n) is 15.4. The van der Waals surface area contributed by atoms with Crippen LogP contribution in [-0.2, 0) is 0 Å². The van der Waals surface area contributed by atoms with Crippen LogP contribution in [0.5, 0.6) is 0 Å². The SMILES string of the molecule is CN=Cc1cc(-n2cnc3cc(C4CCNCC4)ccc3c2=O)ccc1N. The zero-order chi connectivity index (χ0) is 18.8. The minimum Gasteiger partial charge on any atom is -0.398 e. The van der Waals surface area contributed by atoms with E-state index in [-0.39, 0.29) is 5.56 Å². The molecule has 4 rings (SSSR count). The number of rotatable bonds is 3. The standard InChI is InChI=1S/C21H23N5O/c1-23-12-16-10-17(3-5-19(16)22)26-13-25-20-11-15(2-4-18(20)21(26)27)14-6-8-24-9-7-14/h2-5,10-14,24H,6-9,22H2,1H3. The highest BCUT2D eigenvalue weighted by Gasteiger charge is 2.16. The van der Waals surface area contributed by atoms with Crippen molar-refractivity contribution < 1.29 is 0 Å². The Labute approximate surface area is 157 Å². The van der Waals surface area contributed by atoms with Crippen LogP contribution in [0.25, 0.3) is 16.6 Å². The van der Waals surface area contributed by atoms with Crippen LogP contribution in [0, 0.1) is 0 Å². The van der Waals surface area contributed by atoms with Crippen molar-refractivity contribution >= 4 is 22.8 Å². The molecule has 0 atom stereocenters. The number of anilines is 1. The third kappa shape index (κ3) is 3.36. The van der Waals surface area contributed by atoms with E-state index in [0.717, 1.165) is 42.7 Å². The van der Waals surface area contributed by atoms with Gasteiger partial charge in [0, 0.05) is 24.5 Å². The topological polar surface area (TPSA) is 85.3 Å². The average molecular weight is 361 g/mol. The smallest absolute Gasteiger partial charge is 0.265 e. The first-order valence-electron chi connectivity index (χ1n) is 9.21. The summed E-state index contributed by atoms with van der Waals surface area (Å²) in [6.07, 6.45) is 5.52. The summed E-state index contributed by atoms with van der Waals surface area (Å²) < 4.78 is 1.55. The lowest BCUT2D eigenvalue weighted by Crippen LogP contribution is -2.26. The number of hydrogen-bond acceptors (Lipinski definition) is 5. The van der Waals surface area contributed by atoms with E-state index in [2.05, 4.69) is 27.4 Å². The Hall–Kier alpha value is -2.99. The molecule has 0 aliphatic carbocycles. The van der Waals surface area contributed by atoms with Gasteiger partial charge in [0.05, 0.1) is 16.6 Å². The summed E-state index contributed by atoms with van der Waals surface area (Å²) in [5.41, 5.74) is 10.0. The van der Waals surface area contributed by atoms with Crippen LogP contribution in [-0.4, -0.2) is 35.9 Å². The first-order chi connectivity index (χ1) is 13.2. The molecule has 0 amide bonds. The molecule has 3 N–H and O–H groups in total. The van der Waals surface area contributed by atoms with E-state index in [1.807, 2.05) is 18.2 Å². The average Bonchev–Trinajstić information content (AvgIpc) is 2.71. The lowest BCUT2D eigenvalue weighted by molar-refractivity contribution is 0.460. The molecule has 6 heteroatoms. The van der Waals surface area contributed by atoms with Crippen molar-refractivity contribution in [3.05, 3.63) is 64.2 Å². The summed E-state index contributed by atoms with van der Waals surface area (Å²) in [5, 5.41) is 4.01. The number of benzene rings is 2. The van der Waals surface area contributed by atoms with Gasteiger partial charge in [-0.1, -0.05) is 6.07 Å². The van der Waals surface area contributed by atoms with Crippen LogP contribution in [0.3, 0.4) is 0 Å². The molecule has 0 bridgehead atoms.